The highest BCUT2D eigenvalue weighted by molar-refractivity contribution is 9.09. The van der Waals surface area contributed by atoms with E-state index in [1.54, 1.807) is 10.6 Å². The Morgan fingerprint density at radius 2 is 2.19 bits per heavy atom. The van der Waals surface area contributed by atoms with E-state index in [0.717, 1.165) is 5.33 Å². The first-order chi connectivity index (χ1) is 7.53. The van der Waals surface area contributed by atoms with Gasteiger partial charge in [-0.1, -0.05) is 35.8 Å². The summed E-state index contributed by atoms with van der Waals surface area (Å²) in [5.74, 6) is 0. The number of halogens is 1. The largest absolute Gasteiger partial charge is 0.350 e. The molecular weight excluding hydrogens is 270 g/mol. The quantitative estimate of drug-likeness (QED) is 0.808. The van der Waals surface area contributed by atoms with Gasteiger partial charge >= 0.3 is 5.69 Å². The first-order valence-electron chi connectivity index (χ1n) is 5.14. The van der Waals surface area contributed by atoms with Crippen molar-refractivity contribution in [3.63, 3.8) is 0 Å². The molecule has 0 atom stereocenters. The Morgan fingerprint density at radius 1 is 1.44 bits per heavy atom. The Balaban J connectivity index is 2.47. The summed E-state index contributed by atoms with van der Waals surface area (Å²) in [6, 6.07) is 5.54. The average Bonchev–Trinajstić information content (AvgIpc) is 2.56. The van der Waals surface area contributed by atoms with Crippen molar-refractivity contribution in [2.45, 2.75) is 20.4 Å². The van der Waals surface area contributed by atoms with E-state index in [1.807, 2.05) is 18.2 Å². The molecule has 0 radical (unpaired) electrons. The van der Waals surface area contributed by atoms with E-state index < -0.39 is 0 Å². The van der Waals surface area contributed by atoms with Gasteiger partial charge in [-0.15, -0.1) is 5.10 Å². The predicted molar refractivity (Wildman–Crippen MR) is 67.0 cm³/mol. The lowest BCUT2D eigenvalue weighted by molar-refractivity contribution is 0.329. The average molecular weight is 284 g/mol. The van der Waals surface area contributed by atoms with Crippen LogP contribution in [0.1, 0.15) is 13.8 Å². The Hall–Kier alpha value is -1.10. The molecule has 86 valence electrons. The molecule has 2 aromatic rings. The van der Waals surface area contributed by atoms with Gasteiger partial charge in [0.15, 0.2) is 5.65 Å². The van der Waals surface area contributed by atoms with E-state index in [2.05, 4.69) is 34.9 Å². The van der Waals surface area contributed by atoms with Gasteiger partial charge in [-0.05, 0) is 17.5 Å². The van der Waals surface area contributed by atoms with Gasteiger partial charge in [0.25, 0.3) is 0 Å². The highest BCUT2D eigenvalue weighted by Crippen LogP contribution is 2.19. The molecule has 2 heterocycles. The van der Waals surface area contributed by atoms with E-state index in [9.17, 15) is 4.79 Å². The van der Waals surface area contributed by atoms with Crippen LogP contribution in [0.3, 0.4) is 0 Å². The van der Waals surface area contributed by atoms with E-state index >= 15 is 0 Å². The summed E-state index contributed by atoms with van der Waals surface area (Å²) in [7, 11) is 0. The maximum atomic E-state index is 12.0. The van der Waals surface area contributed by atoms with E-state index in [-0.39, 0.29) is 11.1 Å². The normalized spacial score (nSPS) is 12.2. The third-order valence-electron chi connectivity index (χ3n) is 2.43. The molecule has 0 spiro atoms. The van der Waals surface area contributed by atoms with Gasteiger partial charge in [0, 0.05) is 11.5 Å². The third-order valence-corrected chi connectivity index (χ3v) is 3.95. The van der Waals surface area contributed by atoms with Crippen LogP contribution < -0.4 is 5.69 Å². The Labute approximate surface area is 102 Å². The molecule has 2 rings (SSSR count). The Morgan fingerprint density at radius 3 is 2.81 bits per heavy atom. The lowest BCUT2D eigenvalue weighted by Crippen LogP contribution is -2.29. The summed E-state index contributed by atoms with van der Waals surface area (Å²) >= 11 is 3.45. The minimum absolute atomic E-state index is 0.0156. The lowest BCUT2D eigenvalue weighted by atomic mass is 9.97. The molecule has 0 aliphatic heterocycles. The van der Waals surface area contributed by atoms with Crippen molar-refractivity contribution in [1.29, 1.82) is 0 Å². The number of fused-ring (bicyclic) bond motifs is 1. The Kier molecular flexibility index (Phi) is 2.88. The van der Waals surface area contributed by atoms with Gasteiger partial charge in [0.1, 0.15) is 0 Å². The van der Waals surface area contributed by atoms with Gasteiger partial charge in [0.2, 0.25) is 0 Å². The first-order valence-corrected chi connectivity index (χ1v) is 6.26. The number of hydrogen-bond donors (Lipinski definition) is 0. The van der Waals surface area contributed by atoms with Crippen molar-refractivity contribution >= 4 is 21.6 Å². The van der Waals surface area contributed by atoms with Crippen LogP contribution >= 0.6 is 15.9 Å². The maximum absolute atomic E-state index is 12.0. The van der Waals surface area contributed by atoms with Crippen molar-refractivity contribution in [3.05, 3.63) is 34.9 Å². The number of alkyl halides is 1. The summed E-state index contributed by atoms with van der Waals surface area (Å²) in [5, 5.41) is 5.13. The zero-order valence-electron chi connectivity index (χ0n) is 9.35. The lowest BCUT2D eigenvalue weighted by Gasteiger charge is -2.20. The van der Waals surface area contributed by atoms with Crippen molar-refractivity contribution < 1.29 is 0 Å². The van der Waals surface area contributed by atoms with E-state index in [1.165, 1.54) is 4.68 Å². The summed E-state index contributed by atoms with van der Waals surface area (Å²) in [6.45, 7) is 4.80. The van der Waals surface area contributed by atoms with Crippen molar-refractivity contribution in [3.8, 4) is 0 Å². The van der Waals surface area contributed by atoms with Crippen LogP contribution in [0.4, 0.5) is 0 Å². The van der Waals surface area contributed by atoms with Crippen LogP contribution in [-0.2, 0) is 6.54 Å². The standard InChI is InChI=1S/C11H14BrN3O/c1-11(2,7-12)8-15-10(16)14-6-4-3-5-9(14)13-15/h3-6H,7-8H2,1-2H3. The molecule has 16 heavy (non-hydrogen) atoms. The molecule has 5 heteroatoms. The minimum atomic E-state index is -0.0791. The van der Waals surface area contributed by atoms with Gasteiger partial charge in [-0.3, -0.25) is 4.40 Å². The van der Waals surface area contributed by atoms with Gasteiger partial charge in [-0.2, -0.15) is 0 Å². The first kappa shape index (κ1) is 11.4. The minimum Gasteiger partial charge on any atom is -0.250 e. The van der Waals surface area contributed by atoms with Gasteiger partial charge in [-0.25, -0.2) is 9.48 Å². The van der Waals surface area contributed by atoms with Crippen LogP contribution in [0.5, 0.6) is 0 Å². The van der Waals surface area contributed by atoms with E-state index in [0.29, 0.717) is 12.2 Å². The second-order valence-electron chi connectivity index (χ2n) is 4.67. The van der Waals surface area contributed by atoms with Crippen molar-refractivity contribution in [1.82, 2.24) is 14.2 Å². The van der Waals surface area contributed by atoms with Crippen LogP contribution in [0.15, 0.2) is 29.2 Å². The summed E-state index contributed by atoms with van der Waals surface area (Å²) in [5.41, 5.74) is 0.629. The number of hydrogen-bond acceptors (Lipinski definition) is 2. The molecule has 2 aromatic heterocycles. The van der Waals surface area contributed by atoms with Gasteiger partial charge < -0.3 is 0 Å². The molecule has 0 aliphatic carbocycles. The number of rotatable bonds is 3. The van der Waals surface area contributed by atoms with Crippen LogP contribution in [0, 0.1) is 5.41 Å². The molecule has 0 aromatic carbocycles. The van der Waals surface area contributed by atoms with Crippen LogP contribution in [0.25, 0.3) is 5.65 Å². The zero-order chi connectivity index (χ0) is 11.8. The summed E-state index contributed by atoms with van der Waals surface area (Å²) < 4.78 is 3.08. The SMILES string of the molecule is CC(C)(CBr)Cn1nc2ccccn2c1=O. The fourth-order valence-electron chi connectivity index (χ4n) is 1.52. The highest BCUT2D eigenvalue weighted by atomic mass is 79.9. The fraction of sp³-hybridized carbons (Fsp3) is 0.455. The van der Waals surface area contributed by atoms with Crippen LogP contribution in [-0.4, -0.2) is 19.5 Å². The molecule has 0 fully saturated rings. The van der Waals surface area contributed by atoms with Gasteiger partial charge in [0.05, 0.1) is 6.54 Å². The summed E-state index contributed by atoms with van der Waals surface area (Å²) in [4.78, 5) is 12.0. The molecule has 0 saturated carbocycles. The zero-order valence-corrected chi connectivity index (χ0v) is 10.9. The monoisotopic (exact) mass is 283 g/mol. The van der Waals surface area contributed by atoms with Crippen LogP contribution in [0.2, 0.25) is 0 Å². The second kappa shape index (κ2) is 4.05. The number of aromatic nitrogens is 3. The molecule has 0 aliphatic rings. The topological polar surface area (TPSA) is 39.3 Å². The fourth-order valence-corrected chi connectivity index (χ4v) is 1.70. The molecule has 0 N–H and O–H groups in total. The maximum Gasteiger partial charge on any atom is 0.350 e. The second-order valence-corrected chi connectivity index (χ2v) is 5.23. The molecule has 4 nitrogen and oxygen atoms in total. The predicted octanol–water partition coefficient (Wildman–Crippen LogP) is 1.92. The molecular formula is C11H14BrN3O. The van der Waals surface area contributed by atoms with E-state index in [4.69, 9.17) is 0 Å². The third kappa shape index (κ3) is 2.04. The Bertz CT molecular complexity index is 556. The molecule has 0 bridgehead atoms. The van der Waals surface area contributed by atoms with Crippen molar-refractivity contribution in [2.24, 2.45) is 5.41 Å². The summed E-state index contributed by atoms with van der Waals surface area (Å²) in [6.07, 6.45) is 1.74. The number of nitrogens with zero attached hydrogens (tertiary/aromatic N) is 3. The smallest absolute Gasteiger partial charge is 0.250 e. The number of pyridine rings is 1. The van der Waals surface area contributed by atoms with Crippen molar-refractivity contribution in [2.75, 3.05) is 5.33 Å². The molecule has 0 amide bonds. The molecule has 0 unspecified atom stereocenters. The molecule has 0 saturated heterocycles. The highest BCUT2D eigenvalue weighted by Gasteiger charge is 2.19.